The third-order valence-electron chi connectivity index (χ3n) is 6.13. The number of amides is 1. The summed E-state index contributed by atoms with van der Waals surface area (Å²) in [6.45, 7) is 2.74. The standard InChI is InChI=1S/C30H43BrN2O2/c1-2-3-4-5-6-7-8-9-10-11-12-13-14-19-30(34)33-32-24-27-17-15-16-18-29(27)35-25-26-20-22-28(31)23-21-26/h15-18,20-24H,2-14,19,25H2,1H3,(H,33,34)/b32-24+. The van der Waals surface area contributed by atoms with Crippen LogP contribution in [0.5, 0.6) is 5.75 Å². The highest BCUT2D eigenvalue weighted by Gasteiger charge is 2.03. The third-order valence-corrected chi connectivity index (χ3v) is 6.66. The van der Waals surface area contributed by atoms with E-state index in [4.69, 9.17) is 4.74 Å². The van der Waals surface area contributed by atoms with Gasteiger partial charge < -0.3 is 4.74 Å². The van der Waals surface area contributed by atoms with Gasteiger partial charge in [0.1, 0.15) is 12.4 Å². The molecule has 0 aliphatic rings. The van der Waals surface area contributed by atoms with Gasteiger partial charge in [-0.05, 0) is 36.2 Å². The fraction of sp³-hybridized carbons (Fsp3) is 0.533. The van der Waals surface area contributed by atoms with Gasteiger partial charge in [0.05, 0.1) is 6.21 Å². The van der Waals surface area contributed by atoms with Crippen molar-refractivity contribution >= 4 is 28.1 Å². The maximum Gasteiger partial charge on any atom is 0.240 e. The maximum absolute atomic E-state index is 12.1. The zero-order chi connectivity index (χ0) is 25.0. The van der Waals surface area contributed by atoms with E-state index in [1.54, 1.807) is 6.21 Å². The Kier molecular flexibility index (Phi) is 15.9. The second-order valence-electron chi connectivity index (χ2n) is 9.24. The molecule has 2 rings (SSSR count). The largest absolute Gasteiger partial charge is 0.488 e. The number of unbranched alkanes of at least 4 members (excludes halogenated alkanes) is 12. The fourth-order valence-corrected chi connectivity index (χ4v) is 4.26. The average Bonchev–Trinajstić information content (AvgIpc) is 2.87. The summed E-state index contributed by atoms with van der Waals surface area (Å²) in [5.74, 6) is 0.711. The molecule has 0 aromatic heterocycles. The van der Waals surface area contributed by atoms with Crippen LogP contribution in [0.15, 0.2) is 58.1 Å². The molecule has 0 radical (unpaired) electrons. The van der Waals surface area contributed by atoms with E-state index in [1.165, 1.54) is 70.6 Å². The molecule has 5 heteroatoms. The van der Waals surface area contributed by atoms with Crippen LogP contribution in [0.2, 0.25) is 0 Å². The predicted molar refractivity (Wildman–Crippen MR) is 151 cm³/mol. The number of hydrazone groups is 1. The topological polar surface area (TPSA) is 50.7 Å². The van der Waals surface area contributed by atoms with E-state index < -0.39 is 0 Å². The van der Waals surface area contributed by atoms with Crippen LogP contribution in [0, 0.1) is 0 Å². The predicted octanol–water partition coefficient (Wildman–Crippen LogP) is 8.96. The minimum atomic E-state index is -0.0300. The number of carbonyl (C=O) groups is 1. The second kappa shape index (κ2) is 19.1. The van der Waals surface area contributed by atoms with E-state index in [0.717, 1.165) is 34.2 Å². The van der Waals surface area contributed by atoms with Gasteiger partial charge in [-0.2, -0.15) is 5.10 Å². The molecule has 0 bridgehead atoms. The minimum absolute atomic E-state index is 0.0300. The molecule has 0 spiro atoms. The van der Waals surface area contributed by atoms with Crippen molar-refractivity contribution in [3.05, 3.63) is 64.1 Å². The molecule has 0 atom stereocenters. The number of ether oxygens (including phenoxy) is 1. The number of hydrogen-bond acceptors (Lipinski definition) is 3. The van der Waals surface area contributed by atoms with Crippen LogP contribution in [0.3, 0.4) is 0 Å². The van der Waals surface area contributed by atoms with Crippen LogP contribution in [-0.2, 0) is 11.4 Å². The van der Waals surface area contributed by atoms with Crippen molar-refractivity contribution in [1.82, 2.24) is 5.43 Å². The fourth-order valence-electron chi connectivity index (χ4n) is 3.99. The lowest BCUT2D eigenvalue weighted by molar-refractivity contribution is -0.121. The number of rotatable bonds is 19. The van der Waals surface area contributed by atoms with Crippen molar-refractivity contribution < 1.29 is 9.53 Å². The van der Waals surface area contributed by atoms with Crippen molar-refractivity contribution in [1.29, 1.82) is 0 Å². The molecule has 4 nitrogen and oxygen atoms in total. The Morgan fingerprint density at radius 1 is 0.829 bits per heavy atom. The Bertz CT molecular complexity index is 852. The van der Waals surface area contributed by atoms with Gasteiger partial charge in [-0.3, -0.25) is 4.79 Å². The molecular weight excluding hydrogens is 500 g/mol. The number of halogens is 1. The second-order valence-corrected chi connectivity index (χ2v) is 10.2. The van der Waals surface area contributed by atoms with Crippen molar-refractivity contribution in [2.45, 2.75) is 103 Å². The van der Waals surface area contributed by atoms with E-state index >= 15 is 0 Å². The van der Waals surface area contributed by atoms with Gasteiger partial charge in [-0.1, -0.05) is 124 Å². The average molecular weight is 544 g/mol. The molecule has 0 saturated carbocycles. The van der Waals surface area contributed by atoms with E-state index in [-0.39, 0.29) is 5.91 Å². The van der Waals surface area contributed by atoms with Crippen LogP contribution in [0.25, 0.3) is 0 Å². The molecule has 2 aromatic rings. The monoisotopic (exact) mass is 542 g/mol. The van der Waals surface area contributed by atoms with Crippen molar-refractivity contribution in [3.8, 4) is 5.75 Å². The zero-order valence-electron chi connectivity index (χ0n) is 21.4. The van der Waals surface area contributed by atoms with Crippen LogP contribution < -0.4 is 10.2 Å². The van der Waals surface area contributed by atoms with Crippen LogP contribution in [-0.4, -0.2) is 12.1 Å². The van der Waals surface area contributed by atoms with Gasteiger partial charge >= 0.3 is 0 Å². The number of nitrogens with zero attached hydrogens (tertiary/aromatic N) is 1. The molecular formula is C30H43BrN2O2. The molecule has 0 unspecified atom stereocenters. The summed E-state index contributed by atoms with van der Waals surface area (Å²) in [7, 11) is 0. The summed E-state index contributed by atoms with van der Waals surface area (Å²) < 4.78 is 7.00. The van der Waals surface area contributed by atoms with E-state index in [1.807, 2.05) is 48.5 Å². The number of benzene rings is 2. The summed E-state index contributed by atoms with van der Waals surface area (Å²) in [6, 6.07) is 15.8. The zero-order valence-corrected chi connectivity index (χ0v) is 23.0. The van der Waals surface area contributed by atoms with Crippen molar-refractivity contribution in [2.75, 3.05) is 0 Å². The quantitative estimate of drug-likeness (QED) is 0.109. The van der Waals surface area contributed by atoms with Crippen molar-refractivity contribution in [3.63, 3.8) is 0 Å². The van der Waals surface area contributed by atoms with Crippen LogP contribution in [0.1, 0.15) is 108 Å². The van der Waals surface area contributed by atoms with Gasteiger partial charge in [0, 0.05) is 16.5 Å². The molecule has 2 aromatic carbocycles. The summed E-state index contributed by atoms with van der Waals surface area (Å²) in [4.78, 5) is 12.1. The van der Waals surface area contributed by atoms with Crippen LogP contribution in [0.4, 0.5) is 0 Å². The Balaban J connectivity index is 1.53. The smallest absolute Gasteiger partial charge is 0.240 e. The Morgan fingerprint density at radius 2 is 1.40 bits per heavy atom. The number of nitrogens with one attached hydrogen (secondary N) is 1. The Labute approximate surface area is 221 Å². The molecule has 0 saturated heterocycles. The van der Waals surface area contributed by atoms with Gasteiger partial charge in [-0.15, -0.1) is 0 Å². The molecule has 1 N–H and O–H groups in total. The molecule has 192 valence electrons. The first-order valence-corrected chi connectivity index (χ1v) is 14.3. The highest BCUT2D eigenvalue weighted by atomic mass is 79.9. The Morgan fingerprint density at radius 3 is 2.03 bits per heavy atom. The minimum Gasteiger partial charge on any atom is -0.488 e. The lowest BCUT2D eigenvalue weighted by Gasteiger charge is -2.09. The number of para-hydroxylation sites is 1. The summed E-state index contributed by atoms with van der Waals surface area (Å²) in [5, 5.41) is 4.14. The van der Waals surface area contributed by atoms with Gasteiger partial charge in [0.15, 0.2) is 0 Å². The molecule has 0 aliphatic carbocycles. The SMILES string of the molecule is CCCCCCCCCCCCCCCC(=O)N/N=C/c1ccccc1OCc1ccc(Br)cc1. The molecule has 0 heterocycles. The number of hydrogen-bond donors (Lipinski definition) is 1. The number of carbonyl (C=O) groups excluding carboxylic acids is 1. The summed E-state index contributed by atoms with van der Waals surface area (Å²) >= 11 is 3.44. The summed E-state index contributed by atoms with van der Waals surface area (Å²) in [6.07, 6.45) is 19.1. The maximum atomic E-state index is 12.1. The van der Waals surface area contributed by atoms with Crippen molar-refractivity contribution in [2.24, 2.45) is 5.10 Å². The first-order valence-electron chi connectivity index (χ1n) is 13.5. The first kappa shape index (κ1) is 29.1. The lowest BCUT2D eigenvalue weighted by atomic mass is 10.0. The summed E-state index contributed by atoms with van der Waals surface area (Å²) in [5.41, 5.74) is 4.58. The van der Waals surface area contributed by atoms with E-state index in [0.29, 0.717) is 13.0 Å². The molecule has 35 heavy (non-hydrogen) atoms. The lowest BCUT2D eigenvalue weighted by Crippen LogP contribution is -2.17. The van der Waals surface area contributed by atoms with Crippen LogP contribution >= 0.6 is 15.9 Å². The molecule has 0 aliphatic heterocycles. The molecule has 0 fully saturated rings. The first-order chi connectivity index (χ1) is 17.2. The normalized spacial score (nSPS) is 11.1. The highest BCUT2D eigenvalue weighted by molar-refractivity contribution is 9.10. The Hall–Kier alpha value is -2.14. The highest BCUT2D eigenvalue weighted by Crippen LogP contribution is 2.19. The van der Waals surface area contributed by atoms with E-state index in [2.05, 4.69) is 33.4 Å². The van der Waals surface area contributed by atoms with E-state index in [9.17, 15) is 4.79 Å². The van der Waals surface area contributed by atoms with Gasteiger partial charge in [0.25, 0.3) is 0 Å². The van der Waals surface area contributed by atoms with Gasteiger partial charge in [0.2, 0.25) is 5.91 Å². The molecule has 1 amide bonds. The van der Waals surface area contributed by atoms with Gasteiger partial charge in [-0.25, -0.2) is 5.43 Å². The third kappa shape index (κ3) is 14.1.